The number of fused-ring (bicyclic) bond motifs is 2. The van der Waals surface area contributed by atoms with Gasteiger partial charge < -0.3 is 29.3 Å². The van der Waals surface area contributed by atoms with Gasteiger partial charge in [-0.2, -0.15) is 15.5 Å². The van der Waals surface area contributed by atoms with Gasteiger partial charge in [0.15, 0.2) is 5.82 Å². The summed E-state index contributed by atoms with van der Waals surface area (Å²) in [4.78, 5) is 22.2. The molecule has 3 aromatic carbocycles. The zero-order chi connectivity index (χ0) is 53.1. The van der Waals surface area contributed by atoms with Crippen molar-refractivity contribution in [2.75, 3.05) is 43.1 Å². The third-order valence-electron chi connectivity index (χ3n) is 17.6. The fourth-order valence-corrected chi connectivity index (χ4v) is 14.2. The number of methoxy groups -OCH3 is 1. The van der Waals surface area contributed by atoms with E-state index in [9.17, 15) is 23.9 Å². The summed E-state index contributed by atoms with van der Waals surface area (Å²) in [5, 5.41) is 34.2. The summed E-state index contributed by atoms with van der Waals surface area (Å²) in [6.07, 6.45) is 8.46. The first kappa shape index (κ1) is 52.4. The standard InChI is InChI=1S/C59H76F2N10O4/c1-36(2)70(44-22-26-67(27-23-44)42-15-12-38(13-16-42)55(73)64-56-58(4,5)57(59(56,6)7)75-46-21-14-40(32-62)52(30-46)74-9)43-17-19-45(20-18-43)71-50-24-28-68(37(3)72)35-49(50)54(65-71)69-25-10-11-39-29-47(41-33-63-66(8)34-41)48(53(60)61)31-51(39)69/h12-16,21,29-31,33-34,36,43-45,53,55-57,64,73H,10-11,17-20,22-28,35H2,1-9H3. The number of nitrogens with one attached hydrogen (secondary N) is 1. The van der Waals surface area contributed by atoms with E-state index in [1.807, 2.05) is 29.2 Å². The largest absolute Gasteiger partial charge is 0.495 e. The van der Waals surface area contributed by atoms with Crippen LogP contribution in [0.3, 0.4) is 0 Å². The summed E-state index contributed by atoms with van der Waals surface area (Å²) in [7, 11) is 3.35. The fourth-order valence-electron chi connectivity index (χ4n) is 14.2. The first-order valence-corrected chi connectivity index (χ1v) is 27.3. The lowest BCUT2D eigenvalue weighted by molar-refractivity contribution is -0.179. The number of carbonyl (C=O) groups excluding carboxylic acids is 1. The maximum Gasteiger partial charge on any atom is 0.264 e. The van der Waals surface area contributed by atoms with Crippen LogP contribution < -0.4 is 24.6 Å². The van der Waals surface area contributed by atoms with Crippen molar-refractivity contribution in [1.29, 1.82) is 5.26 Å². The van der Waals surface area contributed by atoms with Crippen LogP contribution in [0.25, 0.3) is 11.1 Å². The molecule has 1 saturated heterocycles. The molecule has 5 heterocycles. The first-order chi connectivity index (χ1) is 35.9. The van der Waals surface area contributed by atoms with Gasteiger partial charge in [-0.15, -0.1) is 0 Å². The number of rotatable bonds is 14. The molecule has 5 aromatic rings. The molecule has 0 spiro atoms. The lowest BCUT2D eigenvalue weighted by atomic mass is 9.49. The molecule has 16 heteroatoms. The summed E-state index contributed by atoms with van der Waals surface area (Å²) >= 11 is 0. The second-order valence-corrected chi connectivity index (χ2v) is 23.3. The van der Waals surface area contributed by atoms with Gasteiger partial charge in [0.05, 0.1) is 31.5 Å². The highest BCUT2D eigenvalue weighted by atomic mass is 19.3. The van der Waals surface area contributed by atoms with Crippen molar-refractivity contribution >= 4 is 23.1 Å². The Labute approximate surface area is 441 Å². The lowest BCUT2D eigenvalue weighted by Crippen LogP contribution is -2.74. The van der Waals surface area contributed by atoms with Crippen LogP contribution in [0, 0.1) is 22.2 Å². The molecule has 2 aromatic heterocycles. The van der Waals surface area contributed by atoms with E-state index in [0.717, 1.165) is 99.1 Å². The second-order valence-electron chi connectivity index (χ2n) is 23.3. The number of nitriles is 1. The second kappa shape index (κ2) is 20.8. The van der Waals surface area contributed by atoms with E-state index in [-0.39, 0.29) is 40.5 Å². The number of anilines is 3. The molecule has 3 fully saturated rings. The lowest BCUT2D eigenvalue weighted by Gasteiger charge is -2.63. The summed E-state index contributed by atoms with van der Waals surface area (Å²) in [6, 6.07) is 21.0. The number of ether oxygens (including phenoxy) is 2. The number of aryl methyl sites for hydroxylation is 2. The minimum Gasteiger partial charge on any atom is -0.495 e. The van der Waals surface area contributed by atoms with Crippen molar-refractivity contribution in [3.8, 4) is 28.7 Å². The van der Waals surface area contributed by atoms with Gasteiger partial charge in [-0.25, -0.2) is 8.78 Å². The predicted octanol–water partition coefficient (Wildman–Crippen LogP) is 10.4. The van der Waals surface area contributed by atoms with E-state index in [0.29, 0.717) is 65.9 Å². The topological polar surface area (TPSA) is 140 Å². The minimum absolute atomic E-state index is 0.00516. The molecule has 1 atom stereocenters. The van der Waals surface area contributed by atoms with Gasteiger partial charge in [0.25, 0.3) is 6.43 Å². The van der Waals surface area contributed by atoms with Gasteiger partial charge in [0, 0.05) is 128 Å². The van der Waals surface area contributed by atoms with E-state index >= 15 is 0 Å². The van der Waals surface area contributed by atoms with Crippen molar-refractivity contribution in [3.05, 3.63) is 101 Å². The van der Waals surface area contributed by atoms with E-state index in [4.69, 9.17) is 14.6 Å². The Morgan fingerprint density at radius 2 is 1.64 bits per heavy atom. The number of aromatic nitrogens is 4. The molecule has 3 aliphatic heterocycles. The molecule has 75 heavy (non-hydrogen) atoms. The first-order valence-electron chi connectivity index (χ1n) is 27.3. The zero-order valence-electron chi connectivity index (χ0n) is 45.3. The van der Waals surface area contributed by atoms with Gasteiger partial charge in [0.1, 0.15) is 29.9 Å². The Kier molecular flexibility index (Phi) is 14.6. The van der Waals surface area contributed by atoms with Gasteiger partial charge in [-0.1, -0.05) is 39.8 Å². The number of carbonyl (C=O) groups is 1. The van der Waals surface area contributed by atoms with Crippen LogP contribution in [0.1, 0.15) is 146 Å². The third-order valence-corrected chi connectivity index (χ3v) is 17.6. The van der Waals surface area contributed by atoms with Crippen molar-refractivity contribution in [1.82, 2.24) is 34.7 Å². The molecule has 5 aliphatic rings. The Morgan fingerprint density at radius 3 is 2.27 bits per heavy atom. The summed E-state index contributed by atoms with van der Waals surface area (Å²) in [5.74, 6) is 1.97. The van der Waals surface area contributed by atoms with Gasteiger partial charge in [-0.3, -0.25) is 24.4 Å². The van der Waals surface area contributed by atoms with Crippen molar-refractivity contribution in [2.24, 2.45) is 17.9 Å². The summed E-state index contributed by atoms with van der Waals surface area (Å²) in [5.41, 5.74) is 7.09. The van der Waals surface area contributed by atoms with E-state index in [1.165, 1.54) is 11.4 Å². The van der Waals surface area contributed by atoms with E-state index < -0.39 is 12.7 Å². The molecule has 400 valence electrons. The number of amides is 1. The highest BCUT2D eigenvalue weighted by Gasteiger charge is 2.64. The van der Waals surface area contributed by atoms with Crippen LogP contribution in [0.15, 0.2) is 67.0 Å². The Balaban J connectivity index is 0.776. The third kappa shape index (κ3) is 9.89. The Bertz CT molecular complexity index is 2890. The highest BCUT2D eigenvalue weighted by Crippen LogP contribution is 2.56. The highest BCUT2D eigenvalue weighted by molar-refractivity contribution is 5.78. The summed E-state index contributed by atoms with van der Waals surface area (Å²) in [6.45, 7) is 18.6. The maximum absolute atomic E-state index is 14.9. The normalized spacial score (nSPS) is 22.9. The monoisotopic (exact) mass is 1030 g/mol. The molecule has 10 rings (SSSR count). The number of alkyl halides is 2. The van der Waals surface area contributed by atoms with E-state index in [1.54, 1.807) is 56.4 Å². The van der Waals surface area contributed by atoms with Crippen molar-refractivity contribution < 1.29 is 28.2 Å². The van der Waals surface area contributed by atoms with Gasteiger partial charge in [-0.05, 0) is 118 Å². The fraction of sp³-hybridized carbons (Fsp3) is 0.559. The zero-order valence-corrected chi connectivity index (χ0v) is 45.3. The molecule has 2 saturated carbocycles. The molecule has 2 aliphatic carbocycles. The number of halogens is 2. The number of benzene rings is 3. The quantitative estimate of drug-likeness (QED) is 0.103. The number of nitrogens with zero attached hydrogens (tertiary/aromatic N) is 9. The van der Waals surface area contributed by atoms with Crippen molar-refractivity contribution in [2.45, 2.75) is 162 Å². The number of hydrogen-bond acceptors (Lipinski definition) is 11. The molecule has 1 unspecified atom stereocenters. The maximum atomic E-state index is 14.9. The molecular weight excluding hydrogens is 951 g/mol. The Morgan fingerprint density at radius 1 is 0.933 bits per heavy atom. The van der Waals surface area contributed by atoms with Gasteiger partial charge in [0.2, 0.25) is 5.91 Å². The predicted molar refractivity (Wildman–Crippen MR) is 287 cm³/mol. The van der Waals surface area contributed by atoms with Crippen LogP contribution in [-0.2, 0) is 31.2 Å². The van der Waals surface area contributed by atoms with Crippen LogP contribution in [-0.4, -0.2) is 104 Å². The van der Waals surface area contributed by atoms with Crippen molar-refractivity contribution in [3.63, 3.8) is 0 Å². The average molecular weight is 1030 g/mol. The molecular formula is C59H76F2N10O4. The number of piperidine rings is 1. The average Bonchev–Trinajstić information content (AvgIpc) is 4.09. The molecule has 2 N–H and O–H groups in total. The van der Waals surface area contributed by atoms with E-state index in [2.05, 4.69) is 89.5 Å². The number of aliphatic hydroxyl groups is 1. The minimum atomic E-state index is -2.66. The number of hydrogen-bond donors (Lipinski definition) is 2. The molecule has 1 amide bonds. The molecule has 0 radical (unpaired) electrons. The molecule has 14 nitrogen and oxygen atoms in total. The van der Waals surface area contributed by atoms with Crippen LogP contribution >= 0.6 is 0 Å². The van der Waals surface area contributed by atoms with Crippen LogP contribution in [0.2, 0.25) is 0 Å². The number of aliphatic hydroxyl groups excluding tert-OH is 1. The smallest absolute Gasteiger partial charge is 0.264 e. The summed E-state index contributed by atoms with van der Waals surface area (Å²) < 4.78 is 45.6. The molecule has 0 bridgehead atoms. The van der Waals surface area contributed by atoms with Crippen LogP contribution in [0.5, 0.6) is 11.5 Å². The van der Waals surface area contributed by atoms with Gasteiger partial charge >= 0.3 is 0 Å². The Hall–Kier alpha value is -6.02. The SMILES string of the molecule is COc1cc(OC2C(C)(C)C(NC(O)c3ccc(N4CCC(N(C(C)C)C5CCC(n6nc(N7CCCc8cc(-c9cnn(C)c9)c(C(F)F)cc87)c7c6CCN(C(C)=O)C7)CC5)CC4)cc3)C2(C)C)ccc1C#N. The van der Waals surface area contributed by atoms with Crippen LogP contribution in [0.4, 0.5) is 26.0 Å².